The second-order valence-corrected chi connectivity index (χ2v) is 6.81. The fourth-order valence-corrected chi connectivity index (χ4v) is 2.58. The number of carbonyl (C=O) groups excluding carboxylic acids is 2. The lowest BCUT2D eigenvalue weighted by atomic mass is 10.1. The number of ether oxygens (including phenoxy) is 2. The van der Waals surface area contributed by atoms with Gasteiger partial charge in [0.2, 0.25) is 0 Å². The van der Waals surface area contributed by atoms with Gasteiger partial charge in [0.1, 0.15) is 5.75 Å². The lowest BCUT2D eigenvalue weighted by Crippen LogP contribution is -2.06. The number of unbranched alkanes of at least 4 members (excludes halogenated alkanes) is 3. The second kappa shape index (κ2) is 12.3. The Hall–Kier alpha value is -3.14. The molecule has 152 valence electrons. The molecule has 0 unspecified atom stereocenters. The predicted octanol–water partition coefficient (Wildman–Crippen LogP) is 5.64. The lowest BCUT2D eigenvalue weighted by Gasteiger charge is -2.07. The van der Waals surface area contributed by atoms with E-state index in [9.17, 15) is 9.59 Å². The zero-order valence-electron chi connectivity index (χ0n) is 16.9. The highest BCUT2D eigenvalue weighted by Crippen LogP contribution is 2.14. The molecule has 0 spiro atoms. The van der Waals surface area contributed by atoms with Crippen molar-refractivity contribution in [1.29, 1.82) is 0 Å². The molecule has 0 radical (unpaired) electrons. The van der Waals surface area contributed by atoms with Crippen LogP contribution in [0.1, 0.15) is 48.5 Å². The van der Waals surface area contributed by atoms with Crippen molar-refractivity contribution < 1.29 is 19.1 Å². The molecule has 29 heavy (non-hydrogen) atoms. The Bertz CT molecular complexity index is 820. The van der Waals surface area contributed by atoms with Crippen molar-refractivity contribution >= 4 is 17.8 Å². The lowest BCUT2D eigenvalue weighted by molar-refractivity contribution is -0.139. The molecule has 0 heterocycles. The number of carbonyl (C=O) groups is 2. The van der Waals surface area contributed by atoms with E-state index in [1.807, 2.05) is 42.5 Å². The minimum atomic E-state index is -0.323. The topological polar surface area (TPSA) is 52.6 Å². The van der Waals surface area contributed by atoms with Gasteiger partial charge in [-0.05, 0) is 56.4 Å². The highest BCUT2D eigenvalue weighted by atomic mass is 16.5. The van der Waals surface area contributed by atoms with Crippen molar-refractivity contribution in [1.82, 2.24) is 0 Å². The largest absolute Gasteiger partial charge is 0.494 e. The van der Waals surface area contributed by atoms with Crippen LogP contribution in [0.2, 0.25) is 0 Å². The molecule has 0 amide bonds. The SMILES string of the molecule is C=C(C)C(=O)OCCCCCCOc1ccc(C=CC(=O)c2ccccc2)cc1. The van der Waals surface area contributed by atoms with Gasteiger partial charge >= 0.3 is 5.97 Å². The highest BCUT2D eigenvalue weighted by Gasteiger charge is 2.02. The molecule has 2 aromatic carbocycles. The summed E-state index contributed by atoms with van der Waals surface area (Å²) in [7, 11) is 0. The summed E-state index contributed by atoms with van der Waals surface area (Å²) in [6, 6.07) is 16.9. The monoisotopic (exact) mass is 392 g/mol. The maximum absolute atomic E-state index is 12.1. The zero-order valence-corrected chi connectivity index (χ0v) is 16.9. The Morgan fingerprint density at radius 3 is 2.21 bits per heavy atom. The maximum atomic E-state index is 12.1. The van der Waals surface area contributed by atoms with Gasteiger partial charge < -0.3 is 9.47 Å². The van der Waals surface area contributed by atoms with E-state index >= 15 is 0 Å². The second-order valence-electron chi connectivity index (χ2n) is 6.81. The number of allylic oxidation sites excluding steroid dienone is 1. The molecule has 0 bridgehead atoms. The summed E-state index contributed by atoms with van der Waals surface area (Å²) >= 11 is 0. The van der Waals surface area contributed by atoms with Crippen LogP contribution in [0.15, 0.2) is 72.8 Å². The molecule has 0 atom stereocenters. The van der Waals surface area contributed by atoms with Crippen LogP contribution in [-0.2, 0) is 9.53 Å². The number of hydrogen-bond acceptors (Lipinski definition) is 4. The summed E-state index contributed by atoms with van der Waals surface area (Å²) in [4.78, 5) is 23.3. The number of hydrogen-bond donors (Lipinski definition) is 0. The fraction of sp³-hybridized carbons (Fsp3) is 0.280. The van der Waals surface area contributed by atoms with Crippen LogP contribution in [0.3, 0.4) is 0 Å². The van der Waals surface area contributed by atoms with Crippen molar-refractivity contribution in [3.8, 4) is 5.75 Å². The summed E-state index contributed by atoms with van der Waals surface area (Å²) in [6.07, 6.45) is 7.20. The van der Waals surface area contributed by atoms with Gasteiger partial charge in [0, 0.05) is 11.1 Å². The molecule has 0 aliphatic heterocycles. The number of benzene rings is 2. The third-order valence-corrected chi connectivity index (χ3v) is 4.25. The van der Waals surface area contributed by atoms with Gasteiger partial charge in [-0.25, -0.2) is 4.79 Å². The van der Waals surface area contributed by atoms with Crippen molar-refractivity contribution in [2.45, 2.75) is 32.6 Å². The van der Waals surface area contributed by atoms with E-state index in [0.29, 0.717) is 24.4 Å². The zero-order chi connectivity index (χ0) is 20.9. The van der Waals surface area contributed by atoms with Crippen LogP contribution in [0.5, 0.6) is 5.75 Å². The van der Waals surface area contributed by atoms with Gasteiger partial charge in [0.05, 0.1) is 13.2 Å². The quantitative estimate of drug-likeness (QED) is 0.203. The molecule has 0 aliphatic rings. The summed E-state index contributed by atoms with van der Waals surface area (Å²) < 4.78 is 10.8. The first-order valence-electron chi connectivity index (χ1n) is 9.89. The van der Waals surface area contributed by atoms with Gasteiger partial charge in [-0.3, -0.25) is 4.79 Å². The first-order chi connectivity index (χ1) is 14.1. The van der Waals surface area contributed by atoms with Crippen LogP contribution >= 0.6 is 0 Å². The molecule has 0 fully saturated rings. The fourth-order valence-electron chi connectivity index (χ4n) is 2.58. The smallest absolute Gasteiger partial charge is 0.333 e. The molecule has 4 heteroatoms. The Labute approximate surface area is 172 Å². The van der Waals surface area contributed by atoms with Crippen LogP contribution in [0.4, 0.5) is 0 Å². The van der Waals surface area contributed by atoms with Crippen molar-refractivity contribution in [2.75, 3.05) is 13.2 Å². The van der Waals surface area contributed by atoms with E-state index in [4.69, 9.17) is 9.47 Å². The van der Waals surface area contributed by atoms with E-state index in [0.717, 1.165) is 37.0 Å². The van der Waals surface area contributed by atoms with E-state index in [-0.39, 0.29) is 11.8 Å². The molecule has 0 aromatic heterocycles. The van der Waals surface area contributed by atoms with Crippen molar-refractivity contribution in [3.63, 3.8) is 0 Å². The van der Waals surface area contributed by atoms with E-state index < -0.39 is 0 Å². The molecular weight excluding hydrogens is 364 g/mol. The van der Waals surface area contributed by atoms with Crippen LogP contribution < -0.4 is 4.74 Å². The van der Waals surface area contributed by atoms with Gasteiger partial charge in [-0.2, -0.15) is 0 Å². The minimum Gasteiger partial charge on any atom is -0.494 e. The molecule has 4 nitrogen and oxygen atoms in total. The van der Waals surface area contributed by atoms with Gasteiger partial charge in [0.25, 0.3) is 0 Å². The van der Waals surface area contributed by atoms with Crippen LogP contribution in [0, 0.1) is 0 Å². The Balaban J connectivity index is 1.61. The predicted molar refractivity (Wildman–Crippen MR) is 116 cm³/mol. The van der Waals surface area contributed by atoms with E-state index in [1.54, 1.807) is 31.2 Å². The summed E-state index contributed by atoms with van der Waals surface area (Å²) in [5.41, 5.74) is 2.06. The van der Waals surface area contributed by atoms with Gasteiger partial charge in [-0.15, -0.1) is 0 Å². The molecule has 0 saturated heterocycles. The third-order valence-electron chi connectivity index (χ3n) is 4.25. The normalized spacial score (nSPS) is 10.7. The summed E-state index contributed by atoms with van der Waals surface area (Å²) in [5.74, 6) is 0.475. The van der Waals surface area contributed by atoms with E-state index in [2.05, 4.69) is 6.58 Å². The molecule has 2 rings (SSSR count). The molecule has 0 N–H and O–H groups in total. The Kier molecular flexibility index (Phi) is 9.43. The number of rotatable bonds is 12. The van der Waals surface area contributed by atoms with Crippen LogP contribution in [0.25, 0.3) is 6.08 Å². The van der Waals surface area contributed by atoms with Gasteiger partial charge in [0.15, 0.2) is 5.78 Å². The summed E-state index contributed by atoms with van der Waals surface area (Å²) in [5, 5.41) is 0. The first-order valence-corrected chi connectivity index (χ1v) is 9.89. The highest BCUT2D eigenvalue weighted by molar-refractivity contribution is 6.06. The van der Waals surface area contributed by atoms with Crippen molar-refractivity contribution in [3.05, 3.63) is 84.0 Å². The van der Waals surface area contributed by atoms with Crippen LogP contribution in [-0.4, -0.2) is 25.0 Å². The molecule has 2 aromatic rings. The summed E-state index contributed by atoms with van der Waals surface area (Å²) in [6.45, 7) is 6.28. The van der Waals surface area contributed by atoms with Gasteiger partial charge in [-0.1, -0.05) is 55.1 Å². The number of esters is 1. The number of ketones is 1. The van der Waals surface area contributed by atoms with Crippen molar-refractivity contribution in [2.24, 2.45) is 0 Å². The Morgan fingerprint density at radius 1 is 0.897 bits per heavy atom. The first kappa shape index (κ1) is 22.2. The maximum Gasteiger partial charge on any atom is 0.333 e. The Morgan fingerprint density at radius 2 is 1.55 bits per heavy atom. The average Bonchev–Trinajstić information content (AvgIpc) is 2.75. The standard InChI is InChI=1S/C25H28O4/c1-20(2)25(27)29-19-9-4-3-8-18-28-23-15-12-21(13-16-23)14-17-24(26)22-10-6-5-7-11-22/h5-7,10-17H,1,3-4,8-9,18-19H2,2H3. The molecular formula is C25H28O4. The minimum absolute atomic E-state index is 0.0136. The average molecular weight is 392 g/mol. The third kappa shape index (κ3) is 8.60. The van der Waals surface area contributed by atoms with E-state index in [1.165, 1.54) is 0 Å². The molecule has 0 saturated carbocycles. The molecule has 0 aliphatic carbocycles.